The van der Waals surface area contributed by atoms with Gasteiger partial charge < -0.3 is 9.80 Å². The predicted octanol–water partition coefficient (Wildman–Crippen LogP) is 1.91. The number of thioether (sulfide) groups is 1. The van der Waals surface area contributed by atoms with Crippen LogP contribution in [0.2, 0.25) is 0 Å². The van der Waals surface area contributed by atoms with E-state index in [4.69, 9.17) is 0 Å². The number of nitrogens with zero attached hydrogens (tertiary/aromatic N) is 3. The highest BCUT2D eigenvalue weighted by molar-refractivity contribution is 8.01. The largest absolute Gasteiger partial charge is 0.363 e. The summed E-state index contributed by atoms with van der Waals surface area (Å²) in [6, 6.07) is -0.614. The molecular weight excluding hydrogens is 298 g/mol. The minimum atomic E-state index is -0.308. The number of ketones is 1. The molecule has 3 fully saturated rings. The van der Waals surface area contributed by atoms with Gasteiger partial charge in [0.25, 0.3) is 5.91 Å². The van der Waals surface area contributed by atoms with Crippen LogP contribution in [0, 0.1) is 0 Å². The summed E-state index contributed by atoms with van der Waals surface area (Å²) in [6.07, 6.45) is 6.85. The quantitative estimate of drug-likeness (QED) is 0.452. The molecule has 22 heavy (non-hydrogen) atoms. The number of likely N-dealkylation sites (tertiary alicyclic amines) is 1. The van der Waals surface area contributed by atoms with Crippen molar-refractivity contribution in [3.8, 4) is 0 Å². The summed E-state index contributed by atoms with van der Waals surface area (Å²) in [4.78, 5) is 32.8. The number of β-lactam (4-membered cyclic amide) rings is 1. The van der Waals surface area contributed by atoms with Crippen LogP contribution in [0.15, 0.2) is 4.99 Å². The van der Waals surface area contributed by atoms with E-state index in [9.17, 15) is 9.59 Å². The van der Waals surface area contributed by atoms with Crippen LogP contribution >= 0.6 is 11.8 Å². The average molecular weight is 323 g/mol. The van der Waals surface area contributed by atoms with Crippen molar-refractivity contribution in [2.24, 2.45) is 4.99 Å². The van der Waals surface area contributed by atoms with Gasteiger partial charge in [-0.2, -0.15) is 0 Å². The monoisotopic (exact) mass is 323 g/mol. The summed E-state index contributed by atoms with van der Waals surface area (Å²) >= 11 is 1.71. The Hall–Kier alpha value is -1.04. The topological polar surface area (TPSA) is 53.0 Å². The number of hydrogen-bond acceptors (Lipinski definition) is 4. The van der Waals surface area contributed by atoms with E-state index in [1.165, 1.54) is 25.7 Å². The first-order chi connectivity index (χ1) is 10.4. The molecule has 0 aromatic heterocycles. The van der Waals surface area contributed by atoms with E-state index in [1.54, 1.807) is 23.6 Å². The third-order valence-corrected chi connectivity index (χ3v) is 6.39. The molecule has 3 saturated heterocycles. The van der Waals surface area contributed by atoms with Crippen molar-refractivity contribution >= 4 is 29.8 Å². The number of aliphatic imine (C=N–C) groups is 1. The second-order valence-electron chi connectivity index (χ2n) is 7.03. The van der Waals surface area contributed by atoms with Gasteiger partial charge in [-0.05, 0) is 33.6 Å². The summed E-state index contributed by atoms with van der Waals surface area (Å²) in [5, 5.41) is 0.0274. The zero-order chi connectivity index (χ0) is 15.9. The number of carbonyl (C=O) groups is 2. The fourth-order valence-corrected chi connectivity index (χ4v) is 5.46. The smallest absolute Gasteiger partial charge is 0.252 e. The van der Waals surface area contributed by atoms with Gasteiger partial charge in [0.15, 0.2) is 11.8 Å². The van der Waals surface area contributed by atoms with Gasteiger partial charge in [0.05, 0.1) is 6.34 Å². The Bertz CT molecular complexity index is 498. The lowest BCUT2D eigenvalue weighted by Gasteiger charge is -2.42. The lowest BCUT2D eigenvalue weighted by Crippen LogP contribution is -2.64. The van der Waals surface area contributed by atoms with Crippen molar-refractivity contribution in [3.63, 3.8) is 0 Å². The highest BCUT2D eigenvalue weighted by Crippen LogP contribution is 2.51. The lowest BCUT2D eigenvalue weighted by atomic mass is 9.93. The fourth-order valence-electron chi connectivity index (χ4n) is 3.78. The highest BCUT2D eigenvalue weighted by Gasteiger charge is 2.62. The number of hydrogen-bond donors (Lipinski definition) is 0. The summed E-state index contributed by atoms with van der Waals surface area (Å²) in [7, 11) is 0. The van der Waals surface area contributed by atoms with Crippen molar-refractivity contribution < 1.29 is 9.59 Å². The predicted molar refractivity (Wildman–Crippen MR) is 89.1 cm³/mol. The molecule has 122 valence electrons. The molecule has 6 heteroatoms. The van der Waals surface area contributed by atoms with Crippen LogP contribution < -0.4 is 0 Å². The Morgan fingerprint density at radius 1 is 1.27 bits per heavy atom. The van der Waals surface area contributed by atoms with E-state index >= 15 is 0 Å². The normalized spacial score (nSPS) is 34.5. The van der Waals surface area contributed by atoms with Crippen molar-refractivity contribution in [3.05, 3.63) is 0 Å². The van der Waals surface area contributed by atoms with Crippen LogP contribution in [-0.2, 0) is 9.59 Å². The first kappa shape index (κ1) is 15.8. The molecule has 3 rings (SSSR count). The van der Waals surface area contributed by atoms with Gasteiger partial charge in [-0.3, -0.25) is 14.6 Å². The van der Waals surface area contributed by atoms with Crippen molar-refractivity contribution in [2.45, 2.75) is 68.7 Å². The minimum Gasteiger partial charge on any atom is -0.363 e. The Morgan fingerprint density at radius 2 is 1.91 bits per heavy atom. The molecule has 3 aliphatic rings. The maximum absolute atomic E-state index is 12.4. The molecule has 3 heterocycles. The molecule has 0 aromatic carbocycles. The molecule has 0 unspecified atom stereocenters. The van der Waals surface area contributed by atoms with Gasteiger partial charge in [-0.15, -0.1) is 11.8 Å². The summed E-state index contributed by atoms with van der Waals surface area (Å²) < 4.78 is -0.223. The first-order valence-electron chi connectivity index (χ1n) is 8.19. The van der Waals surface area contributed by atoms with E-state index in [0.717, 1.165) is 13.1 Å². The standard InChI is InChI=1S/C16H25N3O2S/c1-11(20)13-16(2,3)22-15-12(14(21)19(13)15)17-10-18-8-6-4-5-7-9-18/h10,12-13,15H,4-9H2,1-3H3/t12-,13+,15-/m1/s1. The molecule has 0 saturated carbocycles. The number of fused-ring (bicyclic) bond motifs is 1. The van der Waals surface area contributed by atoms with Gasteiger partial charge in [-0.25, -0.2) is 0 Å². The Morgan fingerprint density at radius 3 is 2.50 bits per heavy atom. The molecule has 0 bridgehead atoms. The van der Waals surface area contributed by atoms with Crippen LogP contribution in [0.4, 0.5) is 0 Å². The second-order valence-corrected chi connectivity index (χ2v) is 8.80. The Kier molecular flexibility index (Phi) is 4.23. The lowest BCUT2D eigenvalue weighted by molar-refractivity contribution is -0.150. The molecule has 0 aliphatic carbocycles. The zero-order valence-corrected chi connectivity index (χ0v) is 14.4. The molecule has 0 aromatic rings. The van der Waals surface area contributed by atoms with E-state index in [1.807, 2.05) is 20.2 Å². The molecular formula is C16H25N3O2S. The second kappa shape index (κ2) is 5.87. The number of amides is 1. The van der Waals surface area contributed by atoms with Crippen LogP contribution in [-0.4, -0.2) is 63.1 Å². The maximum atomic E-state index is 12.4. The minimum absolute atomic E-state index is 0.00865. The van der Waals surface area contributed by atoms with Crippen LogP contribution in [0.1, 0.15) is 46.5 Å². The highest BCUT2D eigenvalue weighted by atomic mass is 32.2. The molecule has 0 N–H and O–H groups in total. The van der Waals surface area contributed by atoms with E-state index in [0.29, 0.717) is 0 Å². The van der Waals surface area contributed by atoms with Crippen molar-refractivity contribution in [1.82, 2.24) is 9.80 Å². The van der Waals surface area contributed by atoms with Crippen LogP contribution in [0.5, 0.6) is 0 Å². The summed E-state index contributed by atoms with van der Waals surface area (Å²) in [5.74, 6) is 0.0812. The molecule has 0 spiro atoms. The van der Waals surface area contributed by atoms with Gasteiger partial charge in [-0.1, -0.05) is 12.8 Å². The van der Waals surface area contributed by atoms with E-state index < -0.39 is 0 Å². The number of rotatable bonds is 3. The van der Waals surface area contributed by atoms with E-state index in [-0.39, 0.29) is 33.9 Å². The van der Waals surface area contributed by atoms with Gasteiger partial charge in [0, 0.05) is 17.8 Å². The first-order valence-corrected chi connectivity index (χ1v) is 9.07. The fraction of sp³-hybridized carbons (Fsp3) is 0.812. The third kappa shape index (κ3) is 2.66. The Balaban J connectivity index is 1.68. The van der Waals surface area contributed by atoms with Gasteiger partial charge >= 0.3 is 0 Å². The van der Waals surface area contributed by atoms with E-state index in [2.05, 4.69) is 9.89 Å². The zero-order valence-electron chi connectivity index (χ0n) is 13.6. The number of Topliss-reactive ketones (excluding diaryl/α,β-unsaturated/α-hetero) is 1. The van der Waals surface area contributed by atoms with Crippen LogP contribution in [0.3, 0.4) is 0 Å². The molecule has 1 amide bonds. The van der Waals surface area contributed by atoms with Crippen molar-refractivity contribution in [2.75, 3.05) is 13.1 Å². The van der Waals surface area contributed by atoms with Crippen LogP contribution in [0.25, 0.3) is 0 Å². The number of carbonyl (C=O) groups excluding carboxylic acids is 2. The SMILES string of the molecule is CC(=O)[C@@H]1N2C(=O)[C@@H](N=CN3CCCCCC3)[C@H]2SC1(C)C. The van der Waals surface area contributed by atoms with Gasteiger partial charge in [0.1, 0.15) is 11.4 Å². The van der Waals surface area contributed by atoms with Gasteiger partial charge in [0.2, 0.25) is 0 Å². The molecule has 3 aliphatic heterocycles. The summed E-state index contributed by atoms with van der Waals surface area (Å²) in [6.45, 7) is 7.74. The molecule has 5 nitrogen and oxygen atoms in total. The average Bonchev–Trinajstić information content (AvgIpc) is 2.60. The third-order valence-electron chi connectivity index (χ3n) is 4.83. The maximum Gasteiger partial charge on any atom is 0.252 e. The van der Waals surface area contributed by atoms with Crippen molar-refractivity contribution in [1.29, 1.82) is 0 Å². The Labute approximate surface area is 136 Å². The summed E-state index contributed by atoms with van der Waals surface area (Å²) in [5.41, 5.74) is 0. The molecule has 0 radical (unpaired) electrons. The molecule has 3 atom stereocenters.